The Kier molecular flexibility index (Phi) is 8.22. The van der Waals surface area contributed by atoms with Gasteiger partial charge in [0.15, 0.2) is 11.5 Å². The Morgan fingerprint density at radius 1 is 0.974 bits per heavy atom. The number of hydrogen-bond donors (Lipinski definition) is 2. The lowest BCUT2D eigenvalue weighted by molar-refractivity contribution is -0.151. The highest BCUT2D eigenvalue weighted by Crippen LogP contribution is 2.58. The molecule has 0 spiro atoms. The summed E-state index contributed by atoms with van der Waals surface area (Å²) in [7, 11) is 0. The summed E-state index contributed by atoms with van der Waals surface area (Å²) in [5.74, 6) is -1.24. The molecule has 2 N–H and O–H groups in total. The van der Waals surface area contributed by atoms with Crippen molar-refractivity contribution >= 4 is 18.0 Å². The molecule has 202 valence electrons. The number of phenols is 1. The molecule has 8 nitrogen and oxygen atoms in total. The molecule has 39 heavy (non-hydrogen) atoms. The maximum atomic E-state index is 13.9. The number of carbonyl (C=O) groups excluding carboxylic acids is 2. The lowest BCUT2D eigenvalue weighted by Gasteiger charge is -2.52. The minimum absolute atomic E-state index is 0.0416. The van der Waals surface area contributed by atoms with Gasteiger partial charge in [-0.2, -0.15) is 5.10 Å². The van der Waals surface area contributed by atoms with Gasteiger partial charge < -0.3 is 19.5 Å². The van der Waals surface area contributed by atoms with E-state index in [-0.39, 0.29) is 35.3 Å². The van der Waals surface area contributed by atoms with Gasteiger partial charge in [-0.05, 0) is 41.8 Å². The number of aromatic hydroxyl groups is 1. The number of nitrogens with one attached hydrogen (secondary N) is 1. The molecule has 3 aromatic rings. The fraction of sp³-hybridized carbons (Fsp3) is 0.323. The molecule has 2 aliphatic rings. The van der Waals surface area contributed by atoms with Gasteiger partial charge >= 0.3 is 0 Å². The van der Waals surface area contributed by atoms with Crippen molar-refractivity contribution in [1.29, 1.82) is 0 Å². The number of carbonyl (C=O) groups is 2. The van der Waals surface area contributed by atoms with E-state index in [4.69, 9.17) is 9.47 Å². The normalized spacial score (nSPS) is 22.7. The third-order valence-electron chi connectivity index (χ3n) is 7.50. The molecule has 5 rings (SSSR count). The zero-order valence-corrected chi connectivity index (χ0v) is 21.9. The van der Waals surface area contributed by atoms with Gasteiger partial charge in [0.05, 0.1) is 37.9 Å². The highest BCUT2D eigenvalue weighted by Gasteiger charge is 2.58. The molecule has 2 atom stereocenters. The Labute approximate surface area is 228 Å². The maximum absolute atomic E-state index is 13.9. The second kappa shape index (κ2) is 12.1. The minimum atomic E-state index is -0.485. The summed E-state index contributed by atoms with van der Waals surface area (Å²) in [6, 6.07) is 24.4. The smallest absolute Gasteiger partial charge is 0.244 e. The average Bonchev–Trinajstić information content (AvgIpc) is 2.96. The molecular weight excluding hydrogens is 494 g/mol. The first-order chi connectivity index (χ1) is 19.1. The Balaban J connectivity index is 1.43. The molecule has 1 saturated heterocycles. The predicted octanol–water partition coefficient (Wildman–Crippen LogP) is 3.91. The van der Waals surface area contributed by atoms with Crippen LogP contribution in [0.2, 0.25) is 0 Å². The molecule has 1 heterocycles. The van der Waals surface area contributed by atoms with Gasteiger partial charge in [0.2, 0.25) is 11.8 Å². The standard InChI is InChI=1S/C31H33N3O5/c1-2-39-25-19-21(13-14-24(25)35)20-32-33-30(36)28-26(22-9-5-3-6-10-22)29(27(28)23-11-7-4-8-12-23)31(37)34-15-17-38-18-16-34/h3-14,19-20,26-29,35H,2,15-18H2,1H3,(H,33,36). The first-order valence-corrected chi connectivity index (χ1v) is 13.3. The molecule has 3 aromatic carbocycles. The van der Waals surface area contributed by atoms with Crippen molar-refractivity contribution in [2.45, 2.75) is 18.8 Å². The molecule has 0 bridgehead atoms. The highest BCUT2D eigenvalue weighted by molar-refractivity contribution is 5.91. The average molecular weight is 528 g/mol. The van der Waals surface area contributed by atoms with Crippen molar-refractivity contribution in [1.82, 2.24) is 10.3 Å². The lowest BCUT2D eigenvalue weighted by Crippen LogP contribution is -2.57. The molecule has 0 aromatic heterocycles. The number of hydrogen-bond acceptors (Lipinski definition) is 6. The van der Waals surface area contributed by atoms with Crippen LogP contribution in [0.25, 0.3) is 0 Å². The van der Waals surface area contributed by atoms with Gasteiger partial charge in [0.25, 0.3) is 0 Å². The van der Waals surface area contributed by atoms with Crippen LogP contribution in [-0.4, -0.2) is 60.9 Å². The van der Waals surface area contributed by atoms with Gasteiger partial charge in [-0.1, -0.05) is 60.7 Å². The summed E-state index contributed by atoms with van der Waals surface area (Å²) in [5, 5.41) is 14.2. The van der Waals surface area contributed by atoms with Crippen LogP contribution in [0.15, 0.2) is 84.0 Å². The van der Waals surface area contributed by atoms with E-state index in [1.54, 1.807) is 12.1 Å². The Hall–Kier alpha value is -4.17. The van der Waals surface area contributed by atoms with Crippen LogP contribution in [0.3, 0.4) is 0 Å². The van der Waals surface area contributed by atoms with Gasteiger partial charge in [0, 0.05) is 24.9 Å². The number of morpholine rings is 1. The lowest BCUT2D eigenvalue weighted by atomic mass is 9.51. The Bertz CT molecular complexity index is 1260. The summed E-state index contributed by atoms with van der Waals surface area (Å²) in [5.41, 5.74) is 5.31. The van der Waals surface area contributed by atoms with Crippen molar-refractivity contribution in [3.05, 3.63) is 95.6 Å². The number of amides is 2. The van der Waals surface area contributed by atoms with Crippen LogP contribution in [-0.2, 0) is 14.3 Å². The topological polar surface area (TPSA) is 100 Å². The SMILES string of the molecule is CCOc1cc(C=NNC(=O)C2C(c3ccccc3)C(C(=O)N3CCOCC3)C2c2ccccc2)ccc1O. The van der Waals surface area contributed by atoms with E-state index in [1.807, 2.05) is 72.5 Å². The van der Waals surface area contributed by atoms with Crippen LogP contribution >= 0.6 is 0 Å². The maximum Gasteiger partial charge on any atom is 0.244 e. The van der Waals surface area contributed by atoms with Crippen LogP contribution in [0.4, 0.5) is 0 Å². The number of hydrazone groups is 1. The predicted molar refractivity (Wildman–Crippen MR) is 148 cm³/mol. The molecule has 1 aliphatic heterocycles. The number of rotatable bonds is 8. The fourth-order valence-electron chi connectivity index (χ4n) is 5.68. The first kappa shape index (κ1) is 26.4. The van der Waals surface area contributed by atoms with Gasteiger partial charge in [-0.15, -0.1) is 0 Å². The quantitative estimate of drug-likeness (QED) is 0.342. The second-order valence-corrected chi connectivity index (χ2v) is 9.76. The summed E-state index contributed by atoms with van der Waals surface area (Å²) in [6.07, 6.45) is 1.52. The molecule has 1 saturated carbocycles. The van der Waals surface area contributed by atoms with Crippen LogP contribution in [0, 0.1) is 11.8 Å². The van der Waals surface area contributed by atoms with E-state index in [0.717, 1.165) is 11.1 Å². The third-order valence-corrected chi connectivity index (χ3v) is 7.50. The summed E-state index contributed by atoms with van der Waals surface area (Å²) in [6.45, 7) is 4.39. The molecule has 2 fully saturated rings. The van der Waals surface area contributed by atoms with Crippen molar-refractivity contribution in [3.8, 4) is 11.5 Å². The van der Waals surface area contributed by atoms with Gasteiger partial charge in [0.1, 0.15) is 0 Å². The van der Waals surface area contributed by atoms with Crippen LogP contribution in [0.5, 0.6) is 11.5 Å². The molecule has 2 amide bonds. The van der Waals surface area contributed by atoms with Gasteiger partial charge in [-0.3, -0.25) is 9.59 Å². The molecule has 8 heteroatoms. The molecule has 0 radical (unpaired) electrons. The van der Waals surface area contributed by atoms with Crippen molar-refractivity contribution in [2.75, 3.05) is 32.9 Å². The van der Waals surface area contributed by atoms with Crippen molar-refractivity contribution in [3.63, 3.8) is 0 Å². The summed E-state index contributed by atoms with van der Waals surface area (Å²) in [4.78, 5) is 29.5. The Morgan fingerprint density at radius 2 is 1.59 bits per heavy atom. The molecule has 1 aliphatic carbocycles. The van der Waals surface area contributed by atoms with E-state index in [2.05, 4.69) is 10.5 Å². The number of phenolic OH excluding ortho intramolecular Hbond substituents is 1. The summed E-state index contributed by atoms with van der Waals surface area (Å²) >= 11 is 0. The monoisotopic (exact) mass is 527 g/mol. The van der Waals surface area contributed by atoms with Crippen molar-refractivity contribution in [2.24, 2.45) is 16.9 Å². The van der Waals surface area contributed by atoms with Crippen LogP contribution in [0.1, 0.15) is 35.4 Å². The van der Waals surface area contributed by atoms with E-state index < -0.39 is 5.92 Å². The minimum Gasteiger partial charge on any atom is -0.504 e. The fourth-order valence-corrected chi connectivity index (χ4v) is 5.68. The highest BCUT2D eigenvalue weighted by atomic mass is 16.5. The molecular formula is C31H33N3O5. The zero-order chi connectivity index (χ0) is 27.2. The van der Waals surface area contributed by atoms with Crippen molar-refractivity contribution < 1.29 is 24.2 Å². The second-order valence-electron chi connectivity index (χ2n) is 9.76. The number of benzene rings is 3. The van der Waals surface area contributed by atoms with Gasteiger partial charge in [-0.25, -0.2) is 5.43 Å². The van der Waals surface area contributed by atoms with Crippen LogP contribution < -0.4 is 10.2 Å². The zero-order valence-electron chi connectivity index (χ0n) is 21.9. The number of nitrogens with zero attached hydrogens (tertiary/aromatic N) is 2. The third kappa shape index (κ3) is 5.66. The van der Waals surface area contributed by atoms with E-state index in [0.29, 0.717) is 44.2 Å². The first-order valence-electron chi connectivity index (χ1n) is 13.3. The van der Waals surface area contributed by atoms with E-state index >= 15 is 0 Å². The molecule has 2 unspecified atom stereocenters. The van der Waals surface area contributed by atoms with E-state index in [9.17, 15) is 14.7 Å². The summed E-state index contributed by atoms with van der Waals surface area (Å²) < 4.78 is 10.9. The van der Waals surface area contributed by atoms with E-state index in [1.165, 1.54) is 12.3 Å². The number of ether oxygens (including phenoxy) is 2. The Morgan fingerprint density at radius 3 is 2.18 bits per heavy atom. The largest absolute Gasteiger partial charge is 0.504 e.